The topological polar surface area (TPSA) is 76.9 Å². The van der Waals surface area contributed by atoms with Crippen LogP contribution in [0.1, 0.15) is 16.0 Å². The van der Waals surface area contributed by atoms with Crippen LogP contribution in [0.5, 0.6) is 0 Å². The first kappa shape index (κ1) is 20.2. The quantitative estimate of drug-likeness (QED) is 0.503. The summed E-state index contributed by atoms with van der Waals surface area (Å²) < 4.78 is 14.6. The molecular formula is C21H16ClFN4O2S. The van der Waals surface area contributed by atoms with Crippen molar-refractivity contribution in [3.63, 3.8) is 0 Å². The van der Waals surface area contributed by atoms with Gasteiger partial charge in [-0.15, -0.1) is 11.3 Å². The van der Waals surface area contributed by atoms with Crippen LogP contribution in [0.3, 0.4) is 0 Å². The van der Waals surface area contributed by atoms with Gasteiger partial charge in [-0.2, -0.15) is 0 Å². The monoisotopic (exact) mass is 442 g/mol. The number of aromatic nitrogens is 3. The van der Waals surface area contributed by atoms with Gasteiger partial charge < -0.3 is 5.32 Å². The summed E-state index contributed by atoms with van der Waals surface area (Å²) in [6.07, 6.45) is 3.62. The molecule has 4 rings (SSSR count). The van der Waals surface area contributed by atoms with Crippen molar-refractivity contribution in [2.75, 3.05) is 5.32 Å². The van der Waals surface area contributed by atoms with Crippen molar-refractivity contribution < 1.29 is 9.18 Å². The number of carbonyl (C=O) groups is 1. The van der Waals surface area contributed by atoms with Crippen molar-refractivity contribution in [2.45, 2.75) is 19.9 Å². The molecule has 0 radical (unpaired) electrons. The lowest BCUT2D eigenvalue weighted by atomic mass is 10.1. The molecule has 1 N–H and O–H groups in total. The summed E-state index contributed by atoms with van der Waals surface area (Å²) in [6.45, 7) is 1.69. The van der Waals surface area contributed by atoms with Crippen LogP contribution in [-0.2, 0) is 17.8 Å². The van der Waals surface area contributed by atoms with Gasteiger partial charge >= 0.3 is 0 Å². The maximum absolute atomic E-state index is 13.4. The number of rotatable bonds is 5. The van der Waals surface area contributed by atoms with Gasteiger partial charge in [0.1, 0.15) is 12.4 Å². The number of hydrogen-bond acceptors (Lipinski definition) is 5. The third-order valence-corrected chi connectivity index (χ3v) is 5.83. The molecule has 30 heavy (non-hydrogen) atoms. The van der Waals surface area contributed by atoms with Crippen LogP contribution in [0.2, 0.25) is 5.02 Å². The van der Waals surface area contributed by atoms with Crippen LogP contribution in [0.15, 0.2) is 53.7 Å². The zero-order valence-corrected chi connectivity index (χ0v) is 17.4. The lowest BCUT2D eigenvalue weighted by Crippen LogP contribution is -2.27. The standard InChI is InChI=1S/C21H16ClFN4O2S/c1-12-2-3-13(7-17(12)22)6-15-9-24-21(30-15)26-19(28)10-27-11-25-18-5-4-14(23)8-16(18)20(27)29/h2-5,7-9,11H,6,10H2,1H3,(H,24,26,28). The molecule has 0 unspecified atom stereocenters. The summed E-state index contributed by atoms with van der Waals surface area (Å²) >= 11 is 7.51. The highest BCUT2D eigenvalue weighted by Crippen LogP contribution is 2.24. The number of anilines is 1. The van der Waals surface area contributed by atoms with Crippen LogP contribution in [0, 0.1) is 12.7 Å². The molecule has 0 saturated carbocycles. The van der Waals surface area contributed by atoms with Crippen molar-refractivity contribution in [1.82, 2.24) is 14.5 Å². The average Bonchev–Trinajstić information content (AvgIpc) is 3.14. The Morgan fingerprint density at radius 2 is 2.07 bits per heavy atom. The molecule has 0 bridgehead atoms. The Morgan fingerprint density at radius 1 is 1.23 bits per heavy atom. The van der Waals surface area contributed by atoms with E-state index in [0.29, 0.717) is 22.1 Å². The van der Waals surface area contributed by atoms with Crippen molar-refractivity contribution in [3.05, 3.63) is 86.1 Å². The van der Waals surface area contributed by atoms with E-state index in [1.807, 2.05) is 25.1 Å². The van der Waals surface area contributed by atoms with Crippen LogP contribution in [0.4, 0.5) is 9.52 Å². The van der Waals surface area contributed by atoms with Crippen LogP contribution < -0.4 is 10.9 Å². The Morgan fingerprint density at radius 3 is 2.87 bits per heavy atom. The molecule has 2 heterocycles. The van der Waals surface area contributed by atoms with Crippen molar-refractivity contribution in [3.8, 4) is 0 Å². The number of nitrogens with zero attached hydrogens (tertiary/aromatic N) is 3. The van der Waals surface area contributed by atoms with Crippen molar-refractivity contribution >= 4 is 44.9 Å². The summed E-state index contributed by atoms with van der Waals surface area (Å²) in [7, 11) is 0. The second-order valence-electron chi connectivity index (χ2n) is 6.78. The summed E-state index contributed by atoms with van der Waals surface area (Å²) in [5.74, 6) is -0.956. The smallest absolute Gasteiger partial charge is 0.261 e. The number of carbonyl (C=O) groups excluding carboxylic acids is 1. The Balaban J connectivity index is 1.45. The highest BCUT2D eigenvalue weighted by atomic mass is 35.5. The zero-order valence-electron chi connectivity index (χ0n) is 15.9. The highest BCUT2D eigenvalue weighted by Gasteiger charge is 2.11. The molecule has 0 atom stereocenters. The zero-order chi connectivity index (χ0) is 21.3. The summed E-state index contributed by atoms with van der Waals surface area (Å²) in [4.78, 5) is 34.1. The first-order chi connectivity index (χ1) is 14.4. The van der Waals surface area contributed by atoms with Gasteiger partial charge in [0.05, 0.1) is 17.2 Å². The van der Waals surface area contributed by atoms with E-state index in [2.05, 4.69) is 15.3 Å². The Bertz CT molecular complexity index is 1320. The van der Waals surface area contributed by atoms with E-state index >= 15 is 0 Å². The molecule has 0 saturated heterocycles. The average molecular weight is 443 g/mol. The summed E-state index contributed by atoms with van der Waals surface area (Å²) in [5.41, 5.74) is 1.96. The number of halogens is 2. The fourth-order valence-electron chi connectivity index (χ4n) is 2.95. The van der Waals surface area contributed by atoms with Gasteiger partial charge in [0.15, 0.2) is 5.13 Å². The SMILES string of the molecule is Cc1ccc(Cc2cnc(NC(=O)Cn3cnc4ccc(F)cc4c3=O)s2)cc1Cl. The lowest BCUT2D eigenvalue weighted by Gasteiger charge is -2.06. The fourth-order valence-corrected chi connectivity index (χ4v) is 4.02. The van der Waals surface area contributed by atoms with E-state index in [9.17, 15) is 14.0 Å². The molecule has 0 aliphatic heterocycles. The molecule has 0 aliphatic rings. The number of aryl methyl sites for hydroxylation is 1. The predicted molar refractivity (Wildman–Crippen MR) is 116 cm³/mol. The first-order valence-electron chi connectivity index (χ1n) is 9.03. The van der Waals surface area contributed by atoms with Gasteiger partial charge in [0.25, 0.3) is 5.56 Å². The van der Waals surface area contributed by atoms with Gasteiger partial charge in [-0.3, -0.25) is 14.2 Å². The molecular weight excluding hydrogens is 427 g/mol. The molecule has 152 valence electrons. The third kappa shape index (κ3) is 4.39. The second kappa shape index (κ2) is 8.33. The van der Waals surface area contributed by atoms with Crippen LogP contribution in [-0.4, -0.2) is 20.4 Å². The highest BCUT2D eigenvalue weighted by molar-refractivity contribution is 7.15. The van der Waals surface area contributed by atoms with Crippen molar-refractivity contribution in [2.24, 2.45) is 0 Å². The molecule has 0 fully saturated rings. The second-order valence-corrected chi connectivity index (χ2v) is 8.30. The Kier molecular flexibility index (Phi) is 5.61. The Labute approximate surface area is 180 Å². The largest absolute Gasteiger partial charge is 0.300 e. The number of thiazole rings is 1. The van der Waals surface area contributed by atoms with Crippen LogP contribution in [0.25, 0.3) is 10.9 Å². The Hall–Kier alpha value is -3.10. The third-order valence-electron chi connectivity index (χ3n) is 4.51. The maximum Gasteiger partial charge on any atom is 0.261 e. The fraction of sp³-hybridized carbons (Fsp3) is 0.143. The minimum Gasteiger partial charge on any atom is -0.300 e. The molecule has 4 aromatic rings. The number of fused-ring (bicyclic) bond motifs is 1. The molecule has 2 aromatic carbocycles. The van der Waals surface area contributed by atoms with E-state index in [0.717, 1.165) is 26.6 Å². The summed E-state index contributed by atoms with van der Waals surface area (Å²) in [5, 5.41) is 3.95. The van der Waals surface area contributed by atoms with Gasteiger partial charge in [-0.1, -0.05) is 23.7 Å². The molecule has 0 aliphatic carbocycles. The van der Waals surface area contributed by atoms with Gasteiger partial charge in [-0.25, -0.2) is 14.4 Å². The van der Waals surface area contributed by atoms with Gasteiger partial charge in [0, 0.05) is 22.5 Å². The van der Waals surface area contributed by atoms with E-state index < -0.39 is 17.3 Å². The number of amides is 1. The molecule has 9 heteroatoms. The van der Waals surface area contributed by atoms with Crippen molar-refractivity contribution in [1.29, 1.82) is 0 Å². The lowest BCUT2D eigenvalue weighted by molar-refractivity contribution is -0.116. The maximum atomic E-state index is 13.4. The van der Waals surface area contributed by atoms with E-state index in [1.165, 1.54) is 29.8 Å². The van der Waals surface area contributed by atoms with E-state index in [-0.39, 0.29) is 11.9 Å². The number of benzene rings is 2. The van der Waals surface area contributed by atoms with Gasteiger partial charge in [-0.05, 0) is 42.3 Å². The molecule has 0 spiro atoms. The van der Waals surface area contributed by atoms with E-state index in [4.69, 9.17) is 11.6 Å². The first-order valence-corrected chi connectivity index (χ1v) is 10.2. The van der Waals surface area contributed by atoms with Gasteiger partial charge in [0.2, 0.25) is 5.91 Å². The molecule has 6 nitrogen and oxygen atoms in total. The normalized spacial score (nSPS) is 11.0. The number of nitrogens with one attached hydrogen (secondary N) is 1. The minimum absolute atomic E-state index is 0.124. The molecule has 1 amide bonds. The predicted octanol–water partition coefficient (Wildman–Crippen LogP) is 4.18. The number of hydrogen-bond donors (Lipinski definition) is 1. The van der Waals surface area contributed by atoms with E-state index in [1.54, 1.807) is 6.20 Å². The minimum atomic E-state index is -0.534. The van der Waals surface area contributed by atoms with Crippen LogP contribution >= 0.6 is 22.9 Å². The summed E-state index contributed by atoms with van der Waals surface area (Å²) in [6, 6.07) is 9.65. The molecule has 2 aromatic heterocycles.